The van der Waals surface area contributed by atoms with Gasteiger partial charge in [-0.3, -0.25) is 4.55 Å². The van der Waals surface area contributed by atoms with Crippen LogP contribution in [0, 0.1) is 3.95 Å². The number of H-pyrrole nitrogens is 1. The zero-order chi connectivity index (χ0) is 10.3. The second kappa shape index (κ2) is 4.62. The fourth-order valence-corrected chi connectivity index (χ4v) is 2.69. The van der Waals surface area contributed by atoms with Crippen LogP contribution in [0.25, 0.3) is 10.2 Å². The van der Waals surface area contributed by atoms with E-state index in [4.69, 9.17) is 16.8 Å². The van der Waals surface area contributed by atoms with Gasteiger partial charge in [0.15, 0.2) is 3.95 Å². The molecular formula is C7H5NNaO3S3. The SMILES string of the molecule is O=S(=O)(O)c1ccc2sc(=S)[nH]c2c1.[Na]. The molecule has 0 aliphatic heterocycles. The van der Waals surface area contributed by atoms with Crippen molar-refractivity contribution >= 4 is 73.4 Å². The molecule has 0 spiro atoms. The Bertz CT molecular complexity index is 643. The van der Waals surface area contributed by atoms with Crippen LogP contribution < -0.4 is 0 Å². The van der Waals surface area contributed by atoms with Crippen molar-refractivity contribution < 1.29 is 13.0 Å². The fourth-order valence-electron chi connectivity index (χ4n) is 1.09. The van der Waals surface area contributed by atoms with Crippen molar-refractivity contribution in [3.63, 3.8) is 0 Å². The summed E-state index contributed by atoms with van der Waals surface area (Å²) < 4.78 is 31.8. The summed E-state index contributed by atoms with van der Waals surface area (Å²) in [7, 11) is -4.13. The van der Waals surface area contributed by atoms with Gasteiger partial charge in [-0.1, -0.05) is 0 Å². The average molecular weight is 270 g/mol. The zero-order valence-corrected chi connectivity index (χ0v) is 12.2. The predicted molar refractivity (Wildman–Crippen MR) is 62.6 cm³/mol. The van der Waals surface area contributed by atoms with Crippen LogP contribution in [0.3, 0.4) is 0 Å². The van der Waals surface area contributed by atoms with Crippen LogP contribution in [0.15, 0.2) is 23.1 Å². The molecule has 0 unspecified atom stereocenters. The number of fused-ring (bicyclic) bond motifs is 1. The first-order valence-corrected chi connectivity index (χ1v) is 6.24. The van der Waals surface area contributed by atoms with Gasteiger partial charge in [0.2, 0.25) is 0 Å². The number of benzene rings is 1. The maximum absolute atomic E-state index is 10.8. The second-order valence-corrected chi connectivity index (χ2v) is 5.79. The van der Waals surface area contributed by atoms with Crippen LogP contribution in [-0.4, -0.2) is 47.5 Å². The van der Waals surface area contributed by atoms with Gasteiger partial charge in [0, 0.05) is 29.6 Å². The molecule has 0 amide bonds. The van der Waals surface area contributed by atoms with Crippen molar-refractivity contribution in [2.45, 2.75) is 4.90 Å². The molecule has 0 atom stereocenters. The molecule has 1 radical (unpaired) electrons. The minimum atomic E-state index is -4.13. The summed E-state index contributed by atoms with van der Waals surface area (Å²) in [6, 6.07) is 4.31. The molecular weight excluding hydrogens is 265 g/mol. The van der Waals surface area contributed by atoms with Gasteiger partial charge in [0.05, 0.1) is 15.1 Å². The van der Waals surface area contributed by atoms with Crippen LogP contribution >= 0.6 is 23.6 Å². The Labute approximate surface area is 117 Å². The second-order valence-electron chi connectivity index (χ2n) is 2.65. The van der Waals surface area contributed by atoms with Gasteiger partial charge >= 0.3 is 0 Å². The molecule has 15 heavy (non-hydrogen) atoms. The minimum absolute atomic E-state index is 0. The van der Waals surface area contributed by atoms with E-state index in [1.165, 1.54) is 23.5 Å². The minimum Gasteiger partial charge on any atom is -0.337 e. The van der Waals surface area contributed by atoms with Crippen LogP contribution in [0.5, 0.6) is 0 Å². The molecule has 0 aliphatic rings. The Kier molecular flexibility index (Phi) is 4.10. The standard InChI is InChI=1S/C7H5NO3S3.Na/c9-14(10,11)4-1-2-6-5(3-4)8-7(12)13-6;/h1-3H,(H,8,12)(H,9,10,11);. The fraction of sp³-hybridized carbons (Fsp3) is 0. The molecule has 1 aromatic carbocycles. The molecule has 4 nitrogen and oxygen atoms in total. The summed E-state index contributed by atoms with van der Waals surface area (Å²) in [4.78, 5) is 2.70. The Morgan fingerprint density at radius 1 is 1.40 bits per heavy atom. The number of thiazole rings is 1. The number of hydrogen-bond donors (Lipinski definition) is 2. The third-order valence-electron chi connectivity index (χ3n) is 1.69. The number of aromatic nitrogens is 1. The Morgan fingerprint density at radius 2 is 2.07 bits per heavy atom. The number of hydrogen-bond acceptors (Lipinski definition) is 4. The molecule has 2 N–H and O–H groups in total. The van der Waals surface area contributed by atoms with Gasteiger partial charge in [-0.25, -0.2) is 0 Å². The molecule has 1 heterocycles. The van der Waals surface area contributed by atoms with Crippen LogP contribution in [-0.2, 0) is 10.1 Å². The predicted octanol–water partition coefficient (Wildman–Crippen LogP) is 1.82. The molecule has 0 saturated heterocycles. The van der Waals surface area contributed by atoms with Gasteiger partial charge in [-0.15, -0.1) is 11.3 Å². The van der Waals surface area contributed by atoms with Gasteiger partial charge in [-0.05, 0) is 30.4 Å². The summed E-state index contributed by atoms with van der Waals surface area (Å²) in [5.41, 5.74) is 0.620. The Hall–Kier alpha value is 0.240. The van der Waals surface area contributed by atoms with E-state index in [0.717, 1.165) is 4.70 Å². The maximum atomic E-state index is 10.8. The summed E-state index contributed by atoms with van der Waals surface area (Å²) in [5, 5.41) is 0. The maximum Gasteiger partial charge on any atom is 0.294 e. The molecule has 0 fully saturated rings. The van der Waals surface area contributed by atoms with Crippen molar-refractivity contribution in [2.24, 2.45) is 0 Å². The zero-order valence-electron chi connectivity index (χ0n) is 7.72. The largest absolute Gasteiger partial charge is 0.337 e. The van der Waals surface area contributed by atoms with E-state index in [9.17, 15) is 8.42 Å². The monoisotopic (exact) mass is 270 g/mol. The first kappa shape index (κ1) is 13.3. The van der Waals surface area contributed by atoms with Crippen molar-refractivity contribution in [1.29, 1.82) is 0 Å². The van der Waals surface area contributed by atoms with Crippen molar-refractivity contribution in [2.75, 3.05) is 0 Å². The topological polar surface area (TPSA) is 70.2 Å². The number of rotatable bonds is 1. The van der Waals surface area contributed by atoms with E-state index >= 15 is 0 Å². The summed E-state index contributed by atoms with van der Waals surface area (Å²) in [6.07, 6.45) is 0. The third kappa shape index (κ3) is 2.88. The van der Waals surface area contributed by atoms with Crippen molar-refractivity contribution in [1.82, 2.24) is 4.98 Å². The van der Waals surface area contributed by atoms with Crippen LogP contribution in [0.2, 0.25) is 0 Å². The molecule has 0 aliphatic carbocycles. The van der Waals surface area contributed by atoms with E-state index in [2.05, 4.69) is 4.98 Å². The number of aromatic amines is 1. The smallest absolute Gasteiger partial charge is 0.294 e. The summed E-state index contributed by atoms with van der Waals surface area (Å²) >= 11 is 6.25. The summed E-state index contributed by atoms with van der Waals surface area (Å²) in [5.74, 6) is 0. The Morgan fingerprint density at radius 3 is 2.67 bits per heavy atom. The van der Waals surface area contributed by atoms with Crippen molar-refractivity contribution in [3.05, 3.63) is 22.2 Å². The van der Waals surface area contributed by atoms with E-state index in [1.54, 1.807) is 6.07 Å². The molecule has 0 saturated carbocycles. The van der Waals surface area contributed by atoms with Crippen LogP contribution in [0.4, 0.5) is 0 Å². The normalized spacial score (nSPS) is 11.3. The van der Waals surface area contributed by atoms with E-state index in [1.807, 2.05) is 0 Å². The molecule has 0 bridgehead atoms. The third-order valence-corrected chi connectivity index (χ3v) is 3.75. The first-order valence-electron chi connectivity index (χ1n) is 3.57. The summed E-state index contributed by atoms with van der Waals surface area (Å²) in [6.45, 7) is 0. The van der Waals surface area contributed by atoms with E-state index in [0.29, 0.717) is 9.47 Å². The van der Waals surface area contributed by atoms with Gasteiger partial charge in [-0.2, -0.15) is 8.42 Å². The molecule has 2 aromatic rings. The van der Waals surface area contributed by atoms with Gasteiger partial charge in [0.1, 0.15) is 0 Å². The molecule has 2 rings (SSSR count). The molecule has 75 valence electrons. The van der Waals surface area contributed by atoms with E-state index < -0.39 is 10.1 Å². The van der Waals surface area contributed by atoms with Crippen molar-refractivity contribution in [3.8, 4) is 0 Å². The quantitative estimate of drug-likeness (QED) is 0.471. The average Bonchev–Trinajstić information content (AvgIpc) is 2.41. The van der Waals surface area contributed by atoms with Gasteiger partial charge in [0.25, 0.3) is 10.1 Å². The van der Waals surface area contributed by atoms with Crippen LogP contribution in [0.1, 0.15) is 0 Å². The van der Waals surface area contributed by atoms with Gasteiger partial charge < -0.3 is 4.98 Å². The first-order chi connectivity index (χ1) is 6.47. The number of nitrogens with one attached hydrogen (secondary N) is 1. The Balaban J connectivity index is 0.00000112. The molecule has 1 aromatic heterocycles. The van der Waals surface area contributed by atoms with E-state index in [-0.39, 0.29) is 34.5 Å². The molecule has 8 heteroatoms.